The van der Waals surface area contributed by atoms with Gasteiger partial charge in [-0.2, -0.15) is 0 Å². The van der Waals surface area contributed by atoms with Crippen molar-refractivity contribution in [2.75, 3.05) is 0 Å². The summed E-state index contributed by atoms with van der Waals surface area (Å²) in [6, 6.07) is 8.81. The van der Waals surface area contributed by atoms with Gasteiger partial charge in [0.15, 0.2) is 0 Å². The van der Waals surface area contributed by atoms with Crippen molar-refractivity contribution in [3.8, 4) is 11.3 Å². The summed E-state index contributed by atoms with van der Waals surface area (Å²) in [5.74, 6) is 0. The summed E-state index contributed by atoms with van der Waals surface area (Å²) in [6.07, 6.45) is 11.3. The van der Waals surface area contributed by atoms with Crippen LogP contribution in [-0.2, 0) is 35.7 Å². The summed E-state index contributed by atoms with van der Waals surface area (Å²) in [4.78, 5) is 25.3. The molecule has 0 bridgehead atoms. The molecule has 0 saturated heterocycles. The minimum Gasteiger partial charge on any atom is -0.445 e. The Morgan fingerprint density at radius 1 is 0.833 bits per heavy atom. The molecule has 1 aromatic heterocycles. The minimum atomic E-state index is -0.370. The minimum absolute atomic E-state index is 0.152. The van der Waals surface area contributed by atoms with Crippen LogP contribution in [0.15, 0.2) is 24.3 Å². The van der Waals surface area contributed by atoms with Crippen molar-refractivity contribution < 1.29 is 19.1 Å². The molecule has 2 N–H and O–H groups in total. The highest BCUT2D eigenvalue weighted by molar-refractivity contribution is 5.74. The Bertz CT molecular complexity index is 1080. The van der Waals surface area contributed by atoms with Crippen LogP contribution in [-0.4, -0.2) is 28.8 Å². The first kappa shape index (κ1) is 24.7. The topological polar surface area (TPSA) is 81.6 Å². The first-order chi connectivity index (χ1) is 17.6. The number of carbonyl (C=O) groups excluding carboxylic acids is 2. The Kier molecular flexibility index (Phi) is 7.83. The quantitative estimate of drug-likeness (QED) is 0.507. The maximum atomic E-state index is 12.7. The van der Waals surface area contributed by atoms with E-state index < -0.39 is 0 Å². The standard InChI is InChI=1S/C29H39N3O4/c1-20-25(18-35-28(33)30-22-11-4-2-5-12-22)26(19-36-29(34)31-23-13-6-3-7-14-23)27-24-15-9-8-10-21(24)16-17-32(20)27/h8-10,15,22-23H,2-7,11-14,16-19H2,1H3,(H,30,33)(H,31,34). The smallest absolute Gasteiger partial charge is 0.407 e. The van der Waals surface area contributed by atoms with Gasteiger partial charge >= 0.3 is 12.2 Å². The fourth-order valence-corrected chi connectivity index (χ4v) is 6.18. The molecular weight excluding hydrogens is 454 g/mol. The fourth-order valence-electron chi connectivity index (χ4n) is 6.18. The van der Waals surface area contributed by atoms with Crippen molar-refractivity contribution in [2.45, 2.75) is 109 Å². The molecule has 36 heavy (non-hydrogen) atoms. The van der Waals surface area contributed by atoms with E-state index in [4.69, 9.17) is 9.47 Å². The molecule has 2 heterocycles. The largest absolute Gasteiger partial charge is 0.445 e. The zero-order chi connectivity index (χ0) is 24.9. The number of alkyl carbamates (subject to hydrolysis) is 2. The summed E-state index contributed by atoms with van der Waals surface area (Å²) in [7, 11) is 0. The average Bonchev–Trinajstić information content (AvgIpc) is 3.18. The molecule has 0 unspecified atom stereocenters. The Morgan fingerprint density at radius 2 is 1.39 bits per heavy atom. The first-order valence-electron chi connectivity index (χ1n) is 13.8. The van der Waals surface area contributed by atoms with Gasteiger partial charge in [-0.15, -0.1) is 0 Å². The summed E-state index contributed by atoms with van der Waals surface area (Å²) in [5.41, 5.74) is 6.46. The highest BCUT2D eigenvalue weighted by Gasteiger charge is 2.28. The number of amides is 2. The van der Waals surface area contributed by atoms with Crippen LogP contribution in [0.4, 0.5) is 9.59 Å². The van der Waals surface area contributed by atoms with Crippen molar-refractivity contribution in [1.29, 1.82) is 0 Å². The highest BCUT2D eigenvalue weighted by atomic mass is 16.6. The number of carbonyl (C=O) groups is 2. The van der Waals surface area contributed by atoms with Crippen LogP contribution in [0.25, 0.3) is 11.3 Å². The molecule has 0 radical (unpaired) electrons. The van der Waals surface area contributed by atoms with Crippen LogP contribution in [0.3, 0.4) is 0 Å². The molecule has 2 saturated carbocycles. The lowest BCUT2D eigenvalue weighted by atomic mass is 9.95. The van der Waals surface area contributed by atoms with Gasteiger partial charge in [0.2, 0.25) is 0 Å². The Labute approximate surface area is 213 Å². The molecule has 7 heteroatoms. The van der Waals surface area contributed by atoms with Gasteiger partial charge in [-0.25, -0.2) is 9.59 Å². The number of aromatic nitrogens is 1. The van der Waals surface area contributed by atoms with Gasteiger partial charge in [0, 0.05) is 41.0 Å². The van der Waals surface area contributed by atoms with E-state index >= 15 is 0 Å². The molecule has 2 amide bonds. The number of aryl methyl sites for hydroxylation is 1. The maximum Gasteiger partial charge on any atom is 0.407 e. The van der Waals surface area contributed by atoms with Gasteiger partial charge in [-0.05, 0) is 44.6 Å². The molecule has 2 aliphatic carbocycles. The van der Waals surface area contributed by atoms with E-state index in [9.17, 15) is 9.59 Å². The van der Waals surface area contributed by atoms with E-state index in [1.165, 1.54) is 18.4 Å². The fraction of sp³-hybridized carbons (Fsp3) is 0.586. The van der Waals surface area contributed by atoms with Crippen molar-refractivity contribution in [2.24, 2.45) is 0 Å². The van der Waals surface area contributed by atoms with Gasteiger partial charge in [0.05, 0.1) is 5.69 Å². The molecular formula is C29H39N3O4. The van der Waals surface area contributed by atoms with Crippen LogP contribution >= 0.6 is 0 Å². The number of hydrogen-bond donors (Lipinski definition) is 2. The number of ether oxygens (including phenoxy) is 2. The molecule has 2 fully saturated rings. The van der Waals surface area contributed by atoms with Crippen LogP contribution < -0.4 is 10.6 Å². The number of fused-ring (bicyclic) bond motifs is 3. The number of benzene rings is 1. The molecule has 0 spiro atoms. The predicted molar refractivity (Wildman–Crippen MR) is 139 cm³/mol. The molecule has 2 aromatic rings. The lowest BCUT2D eigenvalue weighted by Crippen LogP contribution is -2.36. The molecule has 1 aromatic carbocycles. The molecule has 7 nitrogen and oxygen atoms in total. The van der Waals surface area contributed by atoms with Crippen LogP contribution in [0.5, 0.6) is 0 Å². The van der Waals surface area contributed by atoms with Crippen LogP contribution in [0.2, 0.25) is 0 Å². The Hall–Kier alpha value is -2.96. The summed E-state index contributed by atoms with van der Waals surface area (Å²) in [5, 5.41) is 6.08. The predicted octanol–water partition coefficient (Wildman–Crippen LogP) is 6.14. The lowest BCUT2D eigenvalue weighted by molar-refractivity contribution is 0.125. The summed E-state index contributed by atoms with van der Waals surface area (Å²) in [6.45, 7) is 3.24. The second kappa shape index (κ2) is 11.4. The number of nitrogens with zero attached hydrogens (tertiary/aromatic N) is 1. The average molecular weight is 494 g/mol. The van der Waals surface area contributed by atoms with Crippen LogP contribution in [0, 0.1) is 6.92 Å². The number of rotatable bonds is 6. The van der Waals surface area contributed by atoms with Crippen molar-refractivity contribution >= 4 is 12.2 Å². The van der Waals surface area contributed by atoms with E-state index in [1.54, 1.807) is 0 Å². The van der Waals surface area contributed by atoms with E-state index in [0.717, 1.165) is 92.4 Å². The SMILES string of the molecule is Cc1c(COC(=O)NC2CCCCC2)c(COC(=O)NC2CCCCC2)c2n1CCc1ccccc1-2. The Balaban J connectivity index is 1.34. The molecule has 194 valence electrons. The van der Waals surface area contributed by atoms with E-state index in [0.29, 0.717) is 0 Å². The first-order valence-corrected chi connectivity index (χ1v) is 13.8. The molecule has 0 atom stereocenters. The number of hydrogen-bond acceptors (Lipinski definition) is 4. The third-order valence-electron chi connectivity index (χ3n) is 8.19. The van der Waals surface area contributed by atoms with Gasteiger partial charge < -0.3 is 24.7 Å². The van der Waals surface area contributed by atoms with E-state index in [2.05, 4.69) is 40.3 Å². The monoisotopic (exact) mass is 493 g/mol. The van der Waals surface area contributed by atoms with E-state index in [-0.39, 0.29) is 37.5 Å². The van der Waals surface area contributed by atoms with Crippen LogP contribution in [0.1, 0.15) is 86.6 Å². The van der Waals surface area contributed by atoms with E-state index in [1.807, 2.05) is 6.07 Å². The van der Waals surface area contributed by atoms with Gasteiger partial charge in [-0.3, -0.25) is 0 Å². The second-order valence-corrected chi connectivity index (χ2v) is 10.6. The highest BCUT2D eigenvalue weighted by Crippen LogP contribution is 2.38. The third kappa shape index (κ3) is 5.55. The molecule has 3 aliphatic rings. The second-order valence-electron chi connectivity index (χ2n) is 10.6. The van der Waals surface area contributed by atoms with Gasteiger partial charge in [-0.1, -0.05) is 62.8 Å². The zero-order valence-electron chi connectivity index (χ0n) is 21.4. The van der Waals surface area contributed by atoms with Gasteiger partial charge in [0.1, 0.15) is 13.2 Å². The third-order valence-corrected chi connectivity index (χ3v) is 8.19. The maximum absolute atomic E-state index is 12.7. The van der Waals surface area contributed by atoms with Crippen molar-refractivity contribution in [3.63, 3.8) is 0 Å². The molecule has 1 aliphatic heterocycles. The lowest BCUT2D eigenvalue weighted by Gasteiger charge is -2.23. The van der Waals surface area contributed by atoms with Gasteiger partial charge in [0.25, 0.3) is 0 Å². The summed E-state index contributed by atoms with van der Waals surface area (Å²) >= 11 is 0. The van der Waals surface area contributed by atoms with Crippen molar-refractivity contribution in [1.82, 2.24) is 15.2 Å². The normalized spacial score (nSPS) is 18.1. The van der Waals surface area contributed by atoms with Crippen molar-refractivity contribution in [3.05, 3.63) is 46.6 Å². The zero-order valence-corrected chi connectivity index (χ0v) is 21.4. The number of nitrogens with one attached hydrogen (secondary N) is 2. The molecule has 5 rings (SSSR count). The summed E-state index contributed by atoms with van der Waals surface area (Å²) < 4.78 is 13.8. The Morgan fingerprint density at radius 3 is 2.00 bits per heavy atom.